The van der Waals surface area contributed by atoms with Gasteiger partial charge in [-0.2, -0.15) is 0 Å². The Balaban J connectivity index is 1.86. The van der Waals surface area contributed by atoms with E-state index in [-0.39, 0.29) is 12.5 Å². The molecular formula is C38H44N2O4. The van der Waals surface area contributed by atoms with Gasteiger partial charge in [0.25, 0.3) is 0 Å². The van der Waals surface area contributed by atoms with Crippen LogP contribution in [0.25, 0.3) is 11.1 Å². The summed E-state index contributed by atoms with van der Waals surface area (Å²) in [6, 6.07) is 25.1. The summed E-state index contributed by atoms with van der Waals surface area (Å²) in [7, 11) is 0. The van der Waals surface area contributed by atoms with Crippen LogP contribution in [0, 0.1) is 27.7 Å². The molecule has 44 heavy (non-hydrogen) atoms. The maximum Gasteiger partial charge on any atom is 0.315 e. The van der Waals surface area contributed by atoms with E-state index in [2.05, 4.69) is 0 Å². The van der Waals surface area contributed by atoms with Crippen molar-refractivity contribution in [2.45, 2.75) is 73.0 Å². The predicted molar refractivity (Wildman–Crippen MR) is 177 cm³/mol. The summed E-state index contributed by atoms with van der Waals surface area (Å²) in [6.07, 6.45) is 0.433. The quantitative estimate of drug-likeness (QED) is 0.195. The van der Waals surface area contributed by atoms with Crippen LogP contribution < -0.4 is 10.5 Å². The highest BCUT2D eigenvalue weighted by Crippen LogP contribution is 2.41. The average Bonchev–Trinajstić information content (AvgIpc) is 2.96. The number of aryl methyl sites for hydroxylation is 1. The number of urea groups is 1. The van der Waals surface area contributed by atoms with E-state index in [0.29, 0.717) is 18.7 Å². The number of aliphatic carboxylic acids is 1. The number of benzene rings is 4. The largest absolute Gasteiger partial charge is 0.488 e. The summed E-state index contributed by atoms with van der Waals surface area (Å²) < 4.78 is 6.44. The monoisotopic (exact) mass is 592 g/mol. The van der Waals surface area contributed by atoms with Gasteiger partial charge in [0.1, 0.15) is 11.4 Å². The van der Waals surface area contributed by atoms with Gasteiger partial charge in [-0.25, -0.2) is 4.79 Å². The van der Waals surface area contributed by atoms with Gasteiger partial charge in [0, 0.05) is 12.1 Å². The smallest absolute Gasteiger partial charge is 0.315 e. The van der Waals surface area contributed by atoms with Crippen LogP contribution in [0.3, 0.4) is 0 Å². The zero-order valence-electron chi connectivity index (χ0n) is 26.9. The van der Waals surface area contributed by atoms with E-state index in [1.165, 1.54) is 0 Å². The zero-order chi connectivity index (χ0) is 32.2. The first kappa shape index (κ1) is 32.3. The van der Waals surface area contributed by atoms with Crippen molar-refractivity contribution in [1.29, 1.82) is 0 Å². The molecule has 0 aliphatic heterocycles. The summed E-state index contributed by atoms with van der Waals surface area (Å²) in [5.74, 6) is -0.173. The number of carboxylic acids is 1. The number of hydrogen-bond acceptors (Lipinski definition) is 3. The lowest BCUT2D eigenvalue weighted by molar-refractivity contribution is -0.136. The van der Waals surface area contributed by atoms with Gasteiger partial charge >= 0.3 is 12.0 Å². The molecule has 0 aliphatic carbocycles. The minimum atomic E-state index is -0.889. The van der Waals surface area contributed by atoms with Crippen molar-refractivity contribution in [2.75, 3.05) is 6.54 Å². The molecule has 0 aromatic heterocycles. The maximum absolute atomic E-state index is 13.1. The molecule has 0 heterocycles. The molecule has 4 aromatic rings. The van der Waals surface area contributed by atoms with Crippen molar-refractivity contribution >= 4 is 12.0 Å². The van der Waals surface area contributed by atoms with Crippen LogP contribution >= 0.6 is 0 Å². The van der Waals surface area contributed by atoms with Crippen molar-refractivity contribution in [3.8, 4) is 16.9 Å². The van der Waals surface area contributed by atoms with E-state index in [4.69, 9.17) is 10.5 Å². The standard InChI is InChI=1S/C38H44N2O4/c1-24-18-19-31(33(22-24)44-38(5,6)7)35-27(4)30(25(2)26(3)32(35)23-34(41)42)20-21-40(37(39)43)36(28-14-10-8-11-15-28)29-16-12-9-13-17-29/h8-19,22,36H,20-21,23H2,1-7H3,(H2,39,43)(H,41,42). The van der Waals surface area contributed by atoms with Crippen LogP contribution in [-0.4, -0.2) is 34.2 Å². The van der Waals surface area contributed by atoms with Crippen molar-refractivity contribution in [3.05, 3.63) is 123 Å². The minimum absolute atomic E-state index is 0.108. The van der Waals surface area contributed by atoms with Gasteiger partial charge in [0.05, 0.1) is 12.5 Å². The van der Waals surface area contributed by atoms with Crippen molar-refractivity contribution < 1.29 is 19.4 Å². The molecular weight excluding hydrogens is 548 g/mol. The molecule has 6 nitrogen and oxygen atoms in total. The molecule has 230 valence electrons. The number of nitrogens with zero attached hydrogens (tertiary/aromatic N) is 1. The first-order chi connectivity index (χ1) is 20.8. The summed E-state index contributed by atoms with van der Waals surface area (Å²) in [4.78, 5) is 26.9. The summed E-state index contributed by atoms with van der Waals surface area (Å²) in [6.45, 7) is 14.5. The fourth-order valence-electron chi connectivity index (χ4n) is 6.08. The van der Waals surface area contributed by atoms with Crippen LogP contribution in [0.1, 0.15) is 71.3 Å². The van der Waals surface area contributed by atoms with Gasteiger partial charge in [-0.15, -0.1) is 0 Å². The predicted octanol–water partition coefficient (Wildman–Crippen LogP) is 8.10. The number of primary amides is 1. The van der Waals surface area contributed by atoms with E-state index in [9.17, 15) is 14.7 Å². The second-order valence-electron chi connectivity index (χ2n) is 12.5. The van der Waals surface area contributed by atoms with Gasteiger partial charge in [0.15, 0.2) is 0 Å². The van der Waals surface area contributed by atoms with Crippen LogP contribution in [0.15, 0.2) is 78.9 Å². The Hall–Kier alpha value is -4.58. The first-order valence-electron chi connectivity index (χ1n) is 15.1. The Morgan fingerprint density at radius 2 is 1.36 bits per heavy atom. The lowest BCUT2D eigenvalue weighted by atomic mass is 9.82. The lowest BCUT2D eigenvalue weighted by Gasteiger charge is -2.32. The van der Waals surface area contributed by atoms with Gasteiger partial charge in [-0.1, -0.05) is 72.8 Å². The first-order valence-corrected chi connectivity index (χ1v) is 15.1. The van der Waals surface area contributed by atoms with E-state index in [0.717, 1.165) is 55.6 Å². The highest BCUT2D eigenvalue weighted by atomic mass is 16.5. The third-order valence-corrected chi connectivity index (χ3v) is 8.18. The molecule has 0 spiro atoms. The Morgan fingerprint density at radius 1 is 0.818 bits per heavy atom. The lowest BCUT2D eigenvalue weighted by Crippen LogP contribution is -2.40. The molecule has 2 amide bonds. The topological polar surface area (TPSA) is 92.9 Å². The van der Waals surface area contributed by atoms with Crippen LogP contribution in [0.4, 0.5) is 4.79 Å². The number of rotatable bonds is 10. The van der Waals surface area contributed by atoms with Crippen LogP contribution in [0.2, 0.25) is 0 Å². The maximum atomic E-state index is 13.1. The Bertz CT molecular complexity index is 1600. The second-order valence-corrected chi connectivity index (χ2v) is 12.5. The molecule has 3 N–H and O–H groups in total. The molecule has 0 aliphatic rings. The molecule has 0 bridgehead atoms. The molecule has 4 rings (SSSR count). The number of carboxylic acid groups (broad SMARTS) is 1. The molecule has 0 saturated heterocycles. The highest BCUT2D eigenvalue weighted by Gasteiger charge is 2.28. The SMILES string of the molecule is Cc1ccc(-c2c(C)c(CCN(C(N)=O)C(c3ccccc3)c3ccccc3)c(C)c(C)c2CC(=O)O)c(OC(C)(C)C)c1. The number of carbonyl (C=O) groups excluding carboxylic acids is 1. The molecule has 0 saturated carbocycles. The Morgan fingerprint density at radius 3 is 1.86 bits per heavy atom. The van der Waals surface area contributed by atoms with E-state index < -0.39 is 17.6 Å². The average molecular weight is 593 g/mol. The fraction of sp³-hybridized carbons (Fsp3) is 0.316. The van der Waals surface area contributed by atoms with E-state index in [1.807, 2.05) is 127 Å². The Kier molecular flexibility index (Phi) is 9.83. The highest BCUT2D eigenvalue weighted by molar-refractivity contribution is 5.84. The van der Waals surface area contributed by atoms with Gasteiger partial charge < -0.3 is 20.5 Å². The minimum Gasteiger partial charge on any atom is -0.488 e. The number of carbonyl (C=O) groups is 2. The van der Waals surface area contributed by atoms with Gasteiger partial charge in [0.2, 0.25) is 0 Å². The van der Waals surface area contributed by atoms with Gasteiger partial charge in [-0.05, 0) is 111 Å². The third kappa shape index (κ3) is 7.31. The van der Waals surface area contributed by atoms with Crippen molar-refractivity contribution in [3.63, 3.8) is 0 Å². The molecule has 0 fully saturated rings. The number of hydrogen-bond donors (Lipinski definition) is 2. The second kappa shape index (κ2) is 13.4. The van der Waals surface area contributed by atoms with Crippen LogP contribution in [0.5, 0.6) is 5.75 Å². The number of ether oxygens (including phenoxy) is 1. The third-order valence-electron chi connectivity index (χ3n) is 8.18. The molecule has 0 atom stereocenters. The zero-order valence-corrected chi connectivity index (χ0v) is 26.9. The van der Waals surface area contributed by atoms with Crippen molar-refractivity contribution in [1.82, 2.24) is 4.90 Å². The van der Waals surface area contributed by atoms with E-state index in [1.54, 1.807) is 4.90 Å². The fourth-order valence-corrected chi connectivity index (χ4v) is 6.08. The summed E-state index contributed by atoms with van der Waals surface area (Å²) in [5, 5.41) is 9.94. The molecule has 0 unspecified atom stereocenters. The van der Waals surface area contributed by atoms with Gasteiger partial charge in [-0.3, -0.25) is 4.79 Å². The summed E-state index contributed by atoms with van der Waals surface area (Å²) >= 11 is 0. The summed E-state index contributed by atoms with van der Waals surface area (Å²) in [5.41, 5.74) is 15.1. The molecule has 4 aromatic carbocycles. The van der Waals surface area contributed by atoms with Crippen molar-refractivity contribution in [2.24, 2.45) is 5.73 Å². The molecule has 6 heteroatoms. The molecule has 0 radical (unpaired) electrons. The number of nitrogens with two attached hydrogens (primary N) is 1. The number of amides is 2. The normalized spacial score (nSPS) is 11.5. The Labute approximate surface area is 261 Å². The van der Waals surface area contributed by atoms with Crippen LogP contribution in [-0.2, 0) is 17.6 Å². The van der Waals surface area contributed by atoms with E-state index >= 15 is 0 Å².